The zero-order chi connectivity index (χ0) is 11.0. The summed E-state index contributed by atoms with van der Waals surface area (Å²) in [5.74, 6) is -0.235. The molecule has 3 N–H and O–H groups in total. The molecule has 0 aromatic heterocycles. The van der Waals surface area contributed by atoms with E-state index in [1.54, 1.807) is 0 Å². The van der Waals surface area contributed by atoms with Crippen molar-refractivity contribution in [2.75, 3.05) is 26.4 Å². The van der Waals surface area contributed by atoms with Crippen LogP contribution in [0, 0.1) is 5.92 Å². The number of aliphatic hydroxyl groups is 1. The van der Waals surface area contributed by atoms with Crippen LogP contribution in [0.1, 0.15) is 13.8 Å². The van der Waals surface area contributed by atoms with Gasteiger partial charge in [0.1, 0.15) is 6.61 Å². The van der Waals surface area contributed by atoms with Crippen LogP contribution in [0.2, 0.25) is 0 Å². The Bertz CT molecular complexity index is 161. The van der Waals surface area contributed by atoms with Crippen LogP contribution in [-0.4, -0.2) is 43.5 Å². The van der Waals surface area contributed by atoms with Crippen LogP contribution in [0.15, 0.2) is 0 Å². The third-order valence-corrected chi connectivity index (χ3v) is 1.42. The molecule has 0 amide bonds. The minimum atomic E-state index is -1.22. The predicted molar refractivity (Wildman–Crippen MR) is 51.7 cm³/mol. The van der Waals surface area contributed by atoms with Gasteiger partial charge in [0.25, 0.3) is 0 Å². The maximum absolute atomic E-state index is 10.9. The minimum Gasteiger partial charge on any atom is -0.461 e. The summed E-state index contributed by atoms with van der Waals surface area (Å²) >= 11 is 0. The standard InChI is InChI=1S/C9H19NO4/c1-7(2)6-13-3-4-14-9(12)8(11)5-10/h7-8,11H,3-6,10H2,1-2H3. The number of esters is 1. The summed E-state index contributed by atoms with van der Waals surface area (Å²) in [6.45, 7) is 5.08. The average molecular weight is 205 g/mol. The Morgan fingerprint density at radius 3 is 2.57 bits per heavy atom. The highest BCUT2D eigenvalue weighted by atomic mass is 16.6. The molecule has 0 saturated heterocycles. The summed E-state index contributed by atoms with van der Waals surface area (Å²) in [7, 11) is 0. The molecule has 0 aliphatic rings. The van der Waals surface area contributed by atoms with Crippen molar-refractivity contribution in [2.45, 2.75) is 20.0 Å². The Labute approximate surface area is 84.2 Å². The fourth-order valence-electron chi connectivity index (χ4n) is 0.713. The summed E-state index contributed by atoms with van der Waals surface area (Å²) in [6, 6.07) is 0. The first-order valence-electron chi connectivity index (χ1n) is 4.70. The van der Waals surface area contributed by atoms with Gasteiger partial charge >= 0.3 is 5.97 Å². The molecule has 14 heavy (non-hydrogen) atoms. The maximum atomic E-state index is 10.9. The van der Waals surface area contributed by atoms with E-state index < -0.39 is 12.1 Å². The Kier molecular flexibility index (Phi) is 7.37. The van der Waals surface area contributed by atoms with Crippen molar-refractivity contribution in [1.29, 1.82) is 0 Å². The highest BCUT2D eigenvalue weighted by molar-refractivity contribution is 5.74. The van der Waals surface area contributed by atoms with Gasteiger partial charge in [-0.15, -0.1) is 0 Å². The van der Waals surface area contributed by atoms with Crippen LogP contribution >= 0.6 is 0 Å². The molecule has 0 radical (unpaired) electrons. The molecule has 0 heterocycles. The van der Waals surface area contributed by atoms with Gasteiger partial charge < -0.3 is 20.3 Å². The van der Waals surface area contributed by atoms with E-state index in [0.717, 1.165) is 0 Å². The monoisotopic (exact) mass is 205 g/mol. The Balaban J connectivity index is 3.32. The normalized spacial score (nSPS) is 12.9. The fraction of sp³-hybridized carbons (Fsp3) is 0.889. The number of ether oxygens (including phenoxy) is 2. The molecule has 1 atom stereocenters. The average Bonchev–Trinajstić information content (AvgIpc) is 2.15. The first-order chi connectivity index (χ1) is 6.57. The molecule has 0 aliphatic carbocycles. The molecule has 0 saturated carbocycles. The fourth-order valence-corrected chi connectivity index (χ4v) is 0.713. The third-order valence-electron chi connectivity index (χ3n) is 1.42. The van der Waals surface area contributed by atoms with Crippen molar-refractivity contribution < 1.29 is 19.4 Å². The smallest absolute Gasteiger partial charge is 0.336 e. The second-order valence-electron chi connectivity index (χ2n) is 3.39. The van der Waals surface area contributed by atoms with Gasteiger partial charge in [0, 0.05) is 13.2 Å². The highest BCUT2D eigenvalue weighted by Crippen LogP contribution is 1.92. The van der Waals surface area contributed by atoms with Gasteiger partial charge in [-0.2, -0.15) is 0 Å². The Morgan fingerprint density at radius 1 is 1.43 bits per heavy atom. The summed E-state index contributed by atoms with van der Waals surface area (Å²) < 4.78 is 9.85. The summed E-state index contributed by atoms with van der Waals surface area (Å²) in [6.07, 6.45) is -1.22. The molecular weight excluding hydrogens is 186 g/mol. The molecule has 1 unspecified atom stereocenters. The quantitative estimate of drug-likeness (QED) is 0.433. The summed E-state index contributed by atoms with van der Waals surface area (Å²) in [4.78, 5) is 10.9. The zero-order valence-corrected chi connectivity index (χ0v) is 8.73. The van der Waals surface area contributed by atoms with E-state index in [2.05, 4.69) is 4.74 Å². The van der Waals surface area contributed by atoms with E-state index >= 15 is 0 Å². The van der Waals surface area contributed by atoms with E-state index in [4.69, 9.17) is 15.6 Å². The van der Waals surface area contributed by atoms with Gasteiger partial charge in [0.05, 0.1) is 6.61 Å². The molecule has 84 valence electrons. The van der Waals surface area contributed by atoms with Crippen LogP contribution < -0.4 is 5.73 Å². The van der Waals surface area contributed by atoms with Crippen LogP contribution in [-0.2, 0) is 14.3 Å². The van der Waals surface area contributed by atoms with E-state index in [1.807, 2.05) is 13.8 Å². The van der Waals surface area contributed by atoms with Crippen LogP contribution in [0.5, 0.6) is 0 Å². The van der Waals surface area contributed by atoms with Crippen molar-refractivity contribution in [3.63, 3.8) is 0 Å². The number of carbonyl (C=O) groups excluding carboxylic acids is 1. The molecule has 0 aromatic carbocycles. The minimum absolute atomic E-state index is 0.119. The van der Waals surface area contributed by atoms with Gasteiger partial charge in [-0.3, -0.25) is 0 Å². The lowest BCUT2D eigenvalue weighted by Crippen LogP contribution is -2.31. The van der Waals surface area contributed by atoms with Crippen LogP contribution in [0.4, 0.5) is 0 Å². The lowest BCUT2D eigenvalue weighted by atomic mass is 10.2. The molecular formula is C9H19NO4. The van der Waals surface area contributed by atoms with E-state index in [9.17, 15) is 4.79 Å². The second kappa shape index (κ2) is 7.73. The predicted octanol–water partition coefficient (Wildman–Crippen LogP) is -0.478. The highest BCUT2D eigenvalue weighted by Gasteiger charge is 2.13. The van der Waals surface area contributed by atoms with Crippen molar-refractivity contribution >= 4 is 5.97 Å². The third kappa shape index (κ3) is 6.82. The van der Waals surface area contributed by atoms with Crippen molar-refractivity contribution in [1.82, 2.24) is 0 Å². The van der Waals surface area contributed by atoms with Crippen molar-refractivity contribution in [3.8, 4) is 0 Å². The topological polar surface area (TPSA) is 81.8 Å². The first-order valence-corrected chi connectivity index (χ1v) is 4.70. The molecule has 0 fully saturated rings. The molecule has 5 nitrogen and oxygen atoms in total. The van der Waals surface area contributed by atoms with Gasteiger partial charge in [-0.05, 0) is 5.92 Å². The number of hydrogen-bond acceptors (Lipinski definition) is 5. The number of nitrogens with two attached hydrogens (primary N) is 1. The van der Waals surface area contributed by atoms with E-state index in [-0.39, 0.29) is 13.2 Å². The zero-order valence-electron chi connectivity index (χ0n) is 8.73. The molecule has 5 heteroatoms. The van der Waals surface area contributed by atoms with Gasteiger partial charge in [-0.1, -0.05) is 13.8 Å². The largest absolute Gasteiger partial charge is 0.461 e. The maximum Gasteiger partial charge on any atom is 0.336 e. The van der Waals surface area contributed by atoms with Crippen molar-refractivity contribution in [3.05, 3.63) is 0 Å². The van der Waals surface area contributed by atoms with Gasteiger partial charge in [-0.25, -0.2) is 4.79 Å². The molecule has 0 aliphatic heterocycles. The van der Waals surface area contributed by atoms with Gasteiger partial charge in [0.15, 0.2) is 6.10 Å². The number of aliphatic hydroxyl groups excluding tert-OH is 1. The first kappa shape index (κ1) is 13.4. The SMILES string of the molecule is CC(C)COCCOC(=O)C(O)CN. The molecule has 0 rings (SSSR count). The second-order valence-corrected chi connectivity index (χ2v) is 3.39. The molecule has 0 bridgehead atoms. The molecule has 0 spiro atoms. The van der Waals surface area contributed by atoms with Gasteiger partial charge in [0.2, 0.25) is 0 Å². The number of carbonyl (C=O) groups is 1. The number of rotatable bonds is 7. The lowest BCUT2D eigenvalue weighted by molar-refractivity contribution is -0.154. The lowest BCUT2D eigenvalue weighted by Gasteiger charge is -2.09. The molecule has 0 aromatic rings. The number of hydrogen-bond donors (Lipinski definition) is 2. The van der Waals surface area contributed by atoms with Crippen LogP contribution in [0.25, 0.3) is 0 Å². The Hall–Kier alpha value is -0.650. The van der Waals surface area contributed by atoms with E-state index in [1.165, 1.54) is 0 Å². The van der Waals surface area contributed by atoms with E-state index in [0.29, 0.717) is 19.1 Å². The van der Waals surface area contributed by atoms with Crippen LogP contribution in [0.3, 0.4) is 0 Å². The Morgan fingerprint density at radius 2 is 2.07 bits per heavy atom. The summed E-state index contributed by atoms with van der Waals surface area (Å²) in [5.41, 5.74) is 5.06. The van der Waals surface area contributed by atoms with Crippen molar-refractivity contribution in [2.24, 2.45) is 11.7 Å². The summed E-state index contributed by atoms with van der Waals surface area (Å²) in [5, 5.41) is 8.93.